The normalized spacial score (nSPS) is 11.4. The molecule has 0 spiro atoms. The highest BCUT2D eigenvalue weighted by molar-refractivity contribution is 5.94. The van der Waals surface area contributed by atoms with Gasteiger partial charge in [-0.05, 0) is 37.1 Å². The zero-order valence-electron chi connectivity index (χ0n) is 12.3. The smallest absolute Gasteiger partial charge is 0.251 e. The first-order valence-corrected chi connectivity index (χ1v) is 7.18. The number of terminal acetylenes is 1. The van der Waals surface area contributed by atoms with Crippen LogP contribution in [0.4, 0.5) is 0 Å². The number of hydrogen-bond donors (Lipinski definition) is 1. The summed E-state index contributed by atoms with van der Waals surface area (Å²) in [4.78, 5) is 12.0. The summed E-state index contributed by atoms with van der Waals surface area (Å²) >= 11 is 0. The number of carbonyl (C=O) groups excluding carboxylic acids is 1. The Morgan fingerprint density at radius 3 is 2.60 bits per heavy atom. The number of carbonyl (C=O) groups is 1. The predicted molar refractivity (Wildman–Crippen MR) is 81.8 cm³/mol. The number of unbranched alkanes of at least 4 members (excludes halogenated alkanes) is 1. The van der Waals surface area contributed by atoms with Gasteiger partial charge >= 0.3 is 0 Å². The first-order chi connectivity index (χ1) is 9.71. The van der Waals surface area contributed by atoms with Crippen LogP contribution >= 0.6 is 0 Å². The molecule has 1 rings (SSSR count). The second kappa shape index (κ2) is 9.03. The van der Waals surface area contributed by atoms with Crippen LogP contribution in [0.5, 0.6) is 5.75 Å². The van der Waals surface area contributed by atoms with Crippen LogP contribution in [0, 0.1) is 12.3 Å². The van der Waals surface area contributed by atoms with Crippen LogP contribution in [-0.2, 0) is 0 Å². The van der Waals surface area contributed by atoms with Gasteiger partial charge < -0.3 is 10.1 Å². The number of nitrogens with one attached hydrogen (secondary N) is 1. The molecule has 3 heteroatoms. The third-order valence-corrected chi connectivity index (χ3v) is 3.08. The summed E-state index contributed by atoms with van der Waals surface area (Å²) in [5.41, 5.74) is 0.628. The lowest BCUT2D eigenvalue weighted by Crippen LogP contribution is -2.34. The van der Waals surface area contributed by atoms with Crippen molar-refractivity contribution in [1.82, 2.24) is 5.32 Å². The van der Waals surface area contributed by atoms with Gasteiger partial charge in [0.2, 0.25) is 0 Å². The second-order valence-electron chi connectivity index (χ2n) is 4.71. The van der Waals surface area contributed by atoms with E-state index in [0.29, 0.717) is 18.6 Å². The second-order valence-corrected chi connectivity index (χ2v) is 4.71. The van der Waals surface area contributed by atoms with Gasteiger partial charge in [0.05, 0.1) is 6.61 Å². The molecule has 0 radical (unpaired) electrons. The fourth-order valence-electron chi connectivity index (χ4n) is 1.75. The monoisotopic (exact) mass is 273 g/mol. The molecule has 0 aliphatic rings. The minimum absolute atomic E-state index is 0.0352. The molecule has 1 aromatic rings. The van der Waals surface area contributed by atoms with Crippen molar-refractivity contribution >= 4 is 5.91 Å². The average Bonchev–Trinajstić information content (AvgIpc) is 2.47. The van der Waals surface area contributed by atoms with Crippen LogP contribution in [-0.4, -0.2) is 18.6 Å². The molecule has 0 heterocycles. The Labute approximate surface area is 121 Å². The first kappa shape index (κ1) is 16.1. The largest absolute Gasteiger partial charge is 0.494 e. The molecule has 1 atom stereocenters. The Morgan fingerprint density at radius 1 is 1.35 bits per heavy atom. The van der Waals surface area contributed by atoms with E-state index in [4.69, 9.17) is 11.2 Å². The highest BCUT2D eigenvalue weighted by atomic mass is 16.5. The molecule has 0 aliphatic carbocycles. The van der Waals surface area contributed by atoms with Crippen molar-refractivity contribution in [3.8, 4) is 18.1 Å². The lowest BCUT2D eigenvalue weighted by atomic mass is 10.1. The van der Waals surface area contributed by atoms with Crippen molar-refractivity contribution in [2.45, 2.75) is 45.6 Å². The molecule has 3 nitrogen and oxygen atoms in total. The van der Waals surface area contributed by atoms with Crippen LogP contribution < -0.4 is 10.1 Å². The van der Waals surface area contributed by atoms with Crippen molar-refractivity contribution in [2.75, 3.05) is 6.61 Å². The van der Waals surface area contributed by atoms with E-state index >= 15 is 0 Å². The van der Waals surface area contributed by atoms with Gasteiger partial charge in [-0.15, -0.1) is 12.3 Å². The van der Waals surface area contributed by atoms with Gasteiger partial charge in [-0.3, -0.25) is 4.79 Å². The van der Waals surface area contributed by atoms with Gasteiger partial charge in [0.15, 0.2) is 0 Å². The van der Waals surface area contributed by atoms with E-state index in [1.165, 1.54) is 0 Å². The van der Waals surface area contributed by atoms with Crippen LogP contribution in [0.3, 0.4) is 0 Å². The van der Waals surface area contributed by atoms with E-state index in [0.717, 1.165) is 25.0 Å². The third-order valence-electron chi connectivity index (χ3n) is 3.08. The standard InChI is InChI=1S/C17H23NO2/c1-4-7-13-20-16-11-9-14(10-12-16)17(19)18-15(6-3)8-5-2/h2,9-12,15H,4,6-8,13H2,1,3H3,(H,18,19). The molecule has 0 bridgehead atoms. The first-order valence-electron chi connectivity index (χ1n) is 7.18. The van der Waals surface area contributed by atoms with E-state index in [1.807, 2.05) is 19.1 Å². The Bertz CT molecular complexity index is 445. The van der Waals surface area contributed by atoms with Crippen LogP contribution in [0.25, 0.3) is 0 Å². The van der Waals surface area contributed by atoms with Gasteiger partial charge in [-0.25, -0.2) is 0 Å². The molecule has 0 saturated carbocycles. The molecule has 108 valence electrons. The molecule has 0 aromatic heterocycles. The van der Waals surface area contributed by atoms with Crippen molar-refractivity contribution in [3.63, 3.8) is 0 Å². The highest BCUT2D eigenvalue weighted by Gasteiger charge is 2.11. The van der Waals surface area contributed by atoms with Crippen LogP contribution in [0.1, 0.15) is 49.9 Å². The predicted octanol–water partition coefficient (Wildman–Crippen LogP) is 3.40. The zero-order chi connectivity index (χ0) is 14.8. The SMILES string of the molecule is C#CCC(CC)NC(=O)c1ccc(OCCCC)cc1. The van der Waals surface area contributed by atoms with Gasteiger partial charge in [0.25, 0.3) is 5.91 Å². The summed E-state index contributed by atoms with van der Waals surface area (Å²) in [5.74, 6) is 3.28. The van der Waals surface area contributed by atoms with Gasteiger partial charge in [0, 0.05) is 18.0 Å². The molecule has 0 fully saturated rings. The topological polar surface area (TPSA) is 38.3 Å². The molecular formula is C17H23NO2. The Morgan fingerprint density at radius 2 is 2.05 bits per heavy atom. The number of hydrogen-bond acceptors (Lipinski definition) is 2. The Hall–Kier alpha value is -1.95. The van der Waals surface area contributed by atoms with E-state index in [9.17, 15) is 4.79 Å². The van der Waals surface area contributed by atoms with Crippen molar-refractivity contribution < 1.29 is 9.53 Å². The molecule has 0 saturated heterocycles. The maximum absolute atomic E-state index is 12.0. The summed E-state index contributed by atoms with van der Waals surface area (Å²) in [7, 11) is 0. The third kappa shape index (κ3) is 5.36. The average molecular weight is 273 g/mol. The van der Waals surface area contributed by atoms with Crippen molar-refractivity contribution in [3.05, 3.63) is 29.8 Å². The summed E-state index contributed by atoms with van der Waals surface area (Å²) in [6.07, 6.45) is 8.80. The minimum atomic E-state index is -0.0905. The number of benzene rings is 1. The molecule has 1 amide bonds. The van der Waals surface area contributed by atoms with Crippen LogP contribution in [0.2, 0.25) is 0 Å². The summed E-state index contributed by atoms with van der Waals surface area (Å²) < 4.78 is 5.56. The minimum Gasteiger partial charge on any atom is -0.494 e. The number of rotatable bonds is 8. The lowest BCUT2D eigenvalue weighted by molar-refractivity contribution is 0.0936. The van der Waals surface area contributed by atoms with E-state index in [2.05, 4.69) is 18.2 Å². The Kier molecular flexibility index (Phi) is 7.27. The molecule has 1 aromatic carbocycles. The fraction of sp³-hybridized carbons (Fsp3) is 0.471. The summed E-state index contributed by atoms with van der Waals surface area (Å²) in [6.45, 7) is 4.84. The van der Waals surface area contributed by atoms with Gasteiger partial charge in [-0.2, -0.15) is 0 Å². The fourth-order valence-corrected chi connectivity index (χ4v) is 1.75. The van der Waals surface area contributed by atoms with Crippen LogP contribution in [0.15, 0.2) is 24.3 Å². The Balaban J connectivity index is 2.54. The van der Waals surface area contributed by atoms with E-state index in [-0.39, 0.29) is 11.9 Å². The van der Waals surface area contributed by atoms with E-state index in [1.54, 1.807) is 12.1 Å². The molecule has 1 N–H and O–H groups in total. The van der Waals surface area contributed by atoms with Crippen molar-refractivity contribution in [2.24, 2.45) is 0 Å². The zero-order valence-corrected chi connectivity index (χ0v) is 12.3. The molecular weight excluding hydrogens is 250 g/mol. The maximum atomic E-state index is 12.0. The molecule has 20 heavy (non-hydrogen) atoms. The van der Waals surface area contributed by atoms with Crippen molar-refractivity contribution in [1.29, 1.82) is 0 Å². The lowest BCUT2D eigenvalue weighted by Gasteiger charge is -2.14. The number of ether oxygens (including phenoxy) is 1. The highest BCUT2D eigenvalue weighted by Crippen LogP contribution is 2.13. The quantitative estimate of drug-likeness (QED) is 0.582. The molecule has 0 aliphatic heterocycles. The van der Waals surface area contributed by atoms with E-state index < -0.39 is 0 Å². The van der Waals surface area contributed by atoms with Gasteiger partial charge in [-0.1, -0.05) is 20.3 Å². The maximum Gasteiger partial charge on any atom is 0.251 e. The van der Waals surface area contributed by atoms with Gasteiger partial charge in [0.1, 0.15) is 5.75 Å². The summed E-state index contributed by atoms with van der Waals surface area (Å²) in [5, 5.41) is 2.93. The molecule has 1 unspecified atom stereocenters. The summed E-state index contributed by atoms with van der Waals surface area (Å²) in [6, 6.07) is 7.24. The number of amides is 1.